The Morgan fingerprint density at radius 2 is 1.63 bits per heavy atom. The summed E-state index contributed by atoms with van der Waals surface area (Å²) in [5.74, 6) is -1.38. The molecular formula is C28H27FN2O4. The van der Waals surface area contributed by atoms with Gasteiger partial charge in [-0.1, -0.05) is 0 Å². The van der Waals surface area contributed by atoms with Crippen molar-refractivity contribution in [1.82, 2.24) is 0 Å². The summed E-state index contributed by atoms with van der Waals surface area (Å²) in [7, 11) is 0. The molecule has 1 aromatic heterocycles. The van der Waals surface area contributed by atoms with Crippen molar-refractivity contribution in [3.05, 3.63) is 88.6 Å². The summed E-state index contributed by atoms with van der Waals surface area (Å²) >= 11 is 0. The molecule has 5 rings (SSSR count). The van der Waals surface area contributed by atoms with Crippen molar-refractivity contribution in [2.24, 2.45) is 0 Å². The highest BCUT2D eigenvalue weighted by Crippen LogP contribution is 2.43. The minimum Gasteiger partial charge on any atom is -0.507 e. The third-order valence-electron chi connectivity index (χ3n) is 6.76. The van der Waals surface area contributed by atoms with Crippen LogP contribution in [0.25, 0.3) is 5.76 Å². The molecule has 2 aliphatic rings. The number of anilines is 2. The number of rotatable bonds is 4. The van der Waals surface area contributed by atoms with Crippen molar-refractivity contribution < 1.29 is 23.5 Å². The third-order valence-corrected chi connectivity index (χ3v) is 6.76. The second-order valence-corrected chi connectivity index (χ2v) is 9.15. The zero-order chi connectivity index (χ0) is 24.7. The molecule has 3 aromatic rings. The number of nitrogens with zero attached hydrogens (tertiary/aromatic N) is 2. The van der Waals surface area contributed by atoms with Crippen LogP contribution in [0.15, 0.2) is 64.6 Å². The normalized spacial score (nSPS) is 20.0. The van der Waals surface area contributed by atoms with Gasteiger partial charge in [-0.05, 0) is 93.3 Å². The van der Waals surface area contributed by atoms with Gasteiger partial charge in [0.2, 0.25) is 0 Å². The van der Waals surface area contributed by atoms with Crippen LogP contribution in [0.3, 0.4) is 0 Å². The molecule has 0 saturated carbocycles. The van der Waals surface area contributed by atoms with Gasteiger partial charge in [-0.2, -0.15) is 0 Å². The number of Topliss-reactive ketones (excluding diaryl/α,β-unsaturated/α-hetero) is 1. The molecule has 35 heavy (non-hydrogen) atoms. The van der Waals surface area contributed by atoms with E-state index in [0.29, 0.717) is 22.8 Å². The fraction of sp³-hybridized carbons (Fsp3) is 0.286. The van der Waals surface area contributed by atoms with Gasteiger partial charge in [0.25, 0.3) is 11.7 Å². The van der Waals surface area contributed by atoms with Gasteiger partial charge < -0.3 is 14.4 Å². The first-order valence-electron chi connectivity index (χ1n) is 11.8. The first kappa shape index (κ1) is 22.9. The third kappa shape index (κ3) is 4.11. The second-order valence-electron chi connectivity index (χ2n) is 9.15. The fourth-order valence-corrected chi connectivity index (χ4v) is 4.89. The summed E-state index contributed by atoms with van der Waals surface area (Å²) in [6.07, 6.45) is 3.53. The van der Waals surface area contributed by atoms with Crippen LogP contribution >= 0.6 is 0 Å². The lowest BCUT2D eigenvalue weighted by Gasteiger charge is -2.29. The average Bonchev–Trinajstić information content (AvgIpc) is 3.41. The number of hydrogen-bond acceptors (Lipinski definition) is 5. The Morgan fingerprint density at radius 3 is 2.26 bits per heavy atom. The van der Waals surface area contributed by atoms with Crippen molar-refractivity contribution >= 4 is 28.8 Å². The molecule has 0 radical (unpaired) electrons. The number of aliphatic hydroxyl groups is 1. The van der Waals surface area contributed by atoms with Crippen LogP contribution in [0.2, 0.25) is 0 Å². The number of hydrogen-bond donors (Lipinski definition) is 1. The molecule has 3 heterocycles. The first-order valence-corrected chi connectivity index (χ1v) is 11.8. The molecular weight excluding hydrogens is 447 g/mol. The average molecular weight is 475 g/mol. The van der Waals surface area contributed by atoms with Crippen molar-refractivity contribution in [3.63, 3.8) is 0 Å². The van der Waals surface area contributed by atoms with Gasteiger partial charge in [-0.15, -0.1) is 0 Å². The quantitative estimate of drug-likeness (QED) is 0.300. The number of benzene rings is 2. The van der Waals surface area contributed by atoms with Gasteiger partial charge in [0, 0.05) is 30.0 Å². The van der Waals surface area contributed by atoms with Crippen LogP contribution in [0.5, 0.6) is 0 Å². The monoisotopic (exact) mass is 474 g/mol. The van der Waals surface area contributed by atoms with Crippen molar-refractivity contribution in [1.29, 1.82) is 0 Å². The van der Waals surface area contributed by atoms with Crippen LogP contribution in [-0.4, -0.2) is 29.9 Å². The van der Waals surface area contributed by atoms with E-state index in [1.807, 2.05) is 24.3 Å². The number of amides is 1. The maximum absolute atomic E-state index is 13.8. The number of halogens is 1. The van der Waals surface area contributed by atoms with E-state index in [-0.39, 0.29) is 16.9 Å². The van der Waals surface area contributed by atoms with Gasteiger partial charge in [-0.25, -0.2) is 4.39 Å². The zero-order valence-corrected chi connectivity index (χ0v) is 19.8. The zero-order valence-electron chi connectivity index (χ0n) is 19.8. The highest BCUT2D eigenvalue weighted by molar-refractivity contribution is 6.51. The number of carbonyl (C=O) groups excluding carboxylic acids is 2. The van der Waals surface area contributed by atoms with E-state index < -0.39 is 23.5 Å². The van der Waals surface area contributed by atoms with E-state index in [1.54, 1.807) is 26.0 Å². The van der Waals surface area contributed by atoms with E-state index in [0.717, 1.165) is 31.6 Å². The second kappa shape index (κ2) is 9.06. The van der Waals surface area contributed by atoms with Crippen LogP contribution in [0.1, 0.15) is 48.0 Å². The predicted molar refractivity (Wildman–Crippen MR) is 132 cm³/mol. The van der Waals surface area contributed by atoms with Crippen molar-refractivity contribution in [2.45, 2.75) is 39.2 Å². The molecule has 2 saturated heterocycles. The predicted octanol–water partition coefficient (Wildman–Crippen LogP) is 5.65. The Bertz CT molecular complexity index is 1320. The highest BCUT2D eigenvalue weighted by Gasteiger charge is 2.48. The molecule has 1 amide bonds. The molecule has 2 aromatic carbocycles. The smallest absolute Gasteiger partial charge is 0.300 e. The van der Waals surface area contributed by atoms with E-state index in [2.05, 4.69) is 4.90 Å². The summed E-state index contributed by atoms with van der Waals surface area (Å²) in [5.41, 5.74) is 2.09. The fourth-order valence-electron chi connectivity index (χ4n) is 4.89. The molecule has 2 aliphatic heterocycles. The summed E-state index contributed by atoms with van der Waals surface area (Å²) in [5, 5.41) is 11.2. The lowest BCUT2D eigenvalue weighted by molar-refractivity contribution is -0.132. The number of carbonyl (C=O) groups is 2. The van der Waals surface area contributed by atoms with Gasteiger partial charge in [0.15, 0.2) is 0 Å². The number of aryl methyl sites for hydroxylation is 2. The van der Waals surface area contributed by atoms with Crippen LogP contribution in [0.4, 0.5) is 15.8 Å². The molecule has 7 heteroatoms. The minimum atomic E-state index is -0.949. The van der Waals surface area contributed by atoms with Gasteiger partial charge >= 0.3 is 0 Å². The minimum absolute atomic E-state index is 0.0875. The Labute approximate surface area is 203 Å². The van der Waals surface area contributed by atoms with E-state index in [1.165, 1.54) is 29.5 Å². The van der Waals surface area contributed by atoms with E-state index in [4.69, 9.17) is 4.42 Å². The molecule has 1 atom stereocenters. The standard InChI is InChI=1S/C28H27FN2O4/c1-17-16-19(7-12-22(17)29)26(32)24-25(23-13-6-18(2)35-23)31(28(34)27(24)33)21-10-8-20(9-11-21)30-14-4-3-5-15-30/h6-13,16,25,32H,3-5,14-15H2,1-2H3/b26-24-. The van der Waals surface area contributed by atoms with E-state index in [9.17, 15) is 19.1 Å². The Balaban J connectivity index is 1.60. The van der Waals surface area contributed by atoms with Gasteiger partial charge in [0.1, 0.15) is 29.1 Å². The lowest BCUT2D eigenvalue weighted by atomic mass is 9.98. The largest absolute Gasteiger partial charge is 0.507 e. The Hall–Kier alpha value is -3.87. The molecule has 0 spiro atoms. The first-order chi connectivity index (χ1) is 16.8. The number of furan rings is 1. The van der Waals surface area contributed by atoms with Crippen LogP contribution in [0, 0.1) is 19.7 Å². The molecule has 0 bridgehead atoms. The SMILES string of the molecule is Cc1ccc(C2/C(=C(/O)c3ccc(F)c(C)c3)C(=O)C(=O)N2c2ccc(N3CCCCC3)cc2)o1. The topological polar surface area (TPSA) is 74.0 Å². The van der Waals surface area contributed by atoms with Gasteiger partial charge in [0.05, 0.1) is 5.57 Å². The van der Waals surface area contributed by atoms with Crippen LogP contribution < -0.4 is 9.80 Å². The summed E-state index contributed by atoms with van der Waals surface area (Å²) in [6, 6.07) is 14.1. The Morgan fingerprint density at radius 1 is 0.943 bits per heavy atom. The molecule has 1 N–H and O–H groups in total. The number of ketones is 1. The highest BCUT2D eigenvalue weighted by atomic mass is 19.1. The molecule has 180 valence electrons. The molecule has 0 aliphatic carbocycles. The summed E-state index contributed by atoms with van der Waals surface area (Å²) < 4.78 is 19.7. The number of aliphatic hydroxyl groups excluding tert-OH is 1. The van der Waals surface area contributed by atoms with E-state index >= 15 is 0 Å². The van der Waals surface area contributed by atoms with Crippen molar-refractivity contribution in [2.75, 3.05) is 22.9 Å². The molecule has 1 unspecified atom stereocenters. The van der Waals surface area contributed by atoms with Crippen molar-refractivity contribution in [3.8, 4) is 0 Å². The van der Waals surface area contributed by atoms with Gasteiger partial charge in [-0.3, -0.25) is 14.5 Å². The maximum Gasteiger partial charge on any atom is 0.300 e. The summed E-state index contributed by atoms with van der Waals surface area (Å²) in [4.78, 5) is 30.2. The Kier molecular flexibility index (Phi) is 5.93. The number of piperidine rings is 1. The maximum atomic E-state index is 13.8. The van der Waals surface area contributed by atoms with Crippen LogP contribution in [-0.2, 0) is 9.59 Å². The lowest BCUT2D eigenvalue weighted by Crippen LogP contribution is -2.30. The molecule has 6 nitrogen and oxygen atoms in total. The summed E-state index contributed by atoms with van der Waals surface area (Å²) in [6.45, 7) is 5.33. The molecule has 2 fully saturated rings.